The van der Waals surface area contributed by atoms with Crippen molar-refractivity contribution in [2.24, 2.45) is 5.16 Å². The van der Waals surface area contributed by atoms with Gasteiger partial charge in [0.05, 0.1) is 11.3 Å². The van der Waals surface area contributed by atoms with Crippen LogP contribution in [0.5, 0.6) is 0 Å². The second kappa shape index (κ2) is 7.46. The van der Waals surface area contributed by atoms with Crippen molar-refractivity contribution < 1.29 is 18.0 Å². The van der Waals surface area contributed by atoms with Crippen LogP contribution >= 0.6 is 11.6 Å². The molecule has 0 radical (unpaired) electrons. The van der Waals surface area contributed by atoms with E-state index in [9.17, 15) is 13.2 Å². The Labute approximate surface area is 136 Å². The molecule has 3 nitrogen and oxygen atoms in total. The molecule has 1 aromatic heterocycles. The maximum Gasteiger partial charge on any atom is 0.416 e. The van der Waals surface area contributed by atoms with Gasteiger partial charge in [0.2, 0.25) is 0 Å². The van der Waals surface area contributed by atoms with Crippen molar-refractivity contribution in [1.29, 1.82) is 0 Å². The zero-order valence-electron chi connectivity index (χ0n) is 12.3. The van der Waals surface area contributed by atoms with Crippen molar-refractivity contribution in [3.05, 3.63) is 64.4 Å². The third-order valence-electron chi connectivity index (χ3n) is 3.07. The maximum atomic E-state index is 12.7. The molecule has 1 aromatic carbocycles. The molecule has 1 heterocycles. The quantitative estimate of drug-likeness (QED) is 0.560. The van der Waals surface area contributed by atoms with Gasteiger partial charge in [0, 0.05) is 16.8 Å². The molecule has 0 amide bonds. The standard InChI is InChI=1S/C16H14ClF3N2O/c1-2-14(15-9-12(7-8-21-15)16(18,19)20)22-23-10-11-5-3-4-6-13(11)17/h3-9H,2,10H2,1H3/b22-14-. The topological polar surface area (TPSA) is 34.5 Å². The summed E-state index contributed by atoms with van der Waals surface area (Å²) in [6.45, 7) is 1.89. The summed E-state index contributed by atoms with van der Waals surface area (Å²) in [5, 5.41) is 4.44. The van der Waals surface area contributed by atoms with E-state index in [1.165, 1.54) is 0 Å². The summed E-state index contributed by atoms with van der Waals surface area (Å²) in [5.41, 5.74) is 0.449. The molecule has 7 heteroatoms. The Balaban J connectivity index is 2.15. The summed E-state index contributed by atoms with van der Waals surface area (Å²) in [7, 11) is 0. The predicted octanol–water partition coefficient (Wildman–Crippen LogP) is 5.08. The molecule has 23 heavy (non-hydrogen) atoms. The van der Waals surface area contributed by atoms with Gasteiger partial charge < -0.3 is 4.84 Å². The van der Waals surface area contributed by atoms with Gasteiger partial charge in [0.15, 0.2) is 0 Å². The summed E-state index contributed by atoms with van der Waals surface area (Å²) < 4.78 is 38.2. The smallest absolute Gasteiger partial charge is 0.391 e. The minimum Gasteiger partial charge on any atom is -0.391 e. The van der Waals surface area contributed by atoms with E-state index in [0.717, 1.165) is 23.9 Å². The van der Waals surface area contributed by atoms with Crippen LogP contribution in [0.3, 0.4) is 0 Å². The average molecular weight is 343 g/mol. The number of hydrogen-bond donors (Lipinski definition) is 0. The average Bonchev–Trinajstić information content (AvgIpc) is 2.52. The van der Waals surface area contributed by atoms with Crippen molar-refractivity contribution >= 4 is 17.3 Å². The van der Waals surface area contributed by atoms with E-state index in [-0.39, 0.29) is 12.3 Å². The highest BCUT2D eigenvalue weighted by Crippen LogP contribution is 2.29. The number of benzene rings is 1. The molecule has 0 N–H and O–H groups in total. The molecule has 122 valence electrons. The van der Waals surface area contributed by atoms with Gasteiger partial charge in [-0.2, -0.15) is 13.2 Å². The molecule has 0 bridgehead atoms. The minimum atomic E-state index is -4.42. The Bertz CT molecular complexity index is 702. The van der Waals surface area contributed by atoms with Gasteiger partial charge in [-0.3, -0.25) is 4.98 Å². The summed E-state index contributed by atoms with van der Waals surface area (Å²) >= 11 is 6.00. The highest BCUT2D eigenvalue weighted by Gasteiger charge is 2.31. The first-order chi connectivity index (χ1) is 10.9. The Morgan fingerprint density at radius 3 is 2.65 bits per heavy atom. The second-order valence-electron chi connectivity index (χ2n) is 4.68. The van der Waals surface area contributed by atoms with Crippen molar-refractivity contribution in [3.63, 3.8) is 0 Å². The van der Waals surface area contributed by atoms with Crippen molar-refractivity contribution in [2.45, 2.75) is 26.1 Å². The predicted molar refractivity (Wildman–Crippen MR) is 82.3 cm³/mol. The molecule has 0 aliphatic rings. The van der Waals surface area contributed by atoms with E-state index in [1.54, 1.807) is 25.1 Å². The first kappa shape index (κ1) is 17.3. The van der Waals surface area contributed by atoms with Crippen molar-refractivity contribution in [2.75, 3.05) is 0 Å². The Morgan fingerprint density at radius 2 is 2.00 bits per heavy atom. The second-order valence-corrected chi connectivity index (χ2v) is 5.09. The van der Waals surface area contributed by atoms with E-state index in [2.05, 4.69) is 10.1 Å². The molecule has 2 aromatic rings. The third kappa shape index (κ3) is 4.69. The fraction of sp³-hybridized carbons (Fsp3) is 0.250. The van der Waals surface area contributed by atoms with Gasteiger partial charge in [-0.25, -0.2) is 0 Å². The summed E-state index contributed by atoms with van der Waals surface area (Å²) in [6, 6.07) is 8.98. The van der Waals surface area contributed by atoms with E-state index in [1.807, 2.05) is 6.07 Å². The monoisotopic (exact) mass is 342 g/mol. The molecular formula is C16H14ClF3N2O. The number of halogens is 4. The number of oxime groups is 1. The highest BCUT2D eigenvalue weighted by atomic mass is 35.5. The van der Waals surface area contributed by atoms with Gasteiger partial charge in [-0.15, -0.1) is 0 Å². The minimum absolute atomic E-state index is 0.127. The van der Waals surface area contributed by atoms with Crippen LogP contribution in [-0.4, -0.2) is 10.7 Å². The lowest BCUT2D eigenvalue weighted by Crippen LogP contribution is -2.09. The molecule has 2 rings (SSSR count). The summed E-state index contributed by atoms with van der Waals surface area (Å²) in [4.78, 5) is 9.15. The van der Waals surface area contributed by atoms with Gasteiger partial charge >= 0.3 is 6.18 Å². The van der Waals surface area contributed by atoms with E-state index in [4.69, 9.17) is 16.4 Å². The zero-order valence-corrected chi connectivity index (χ0v) is 13.0. The molecule has 0 aliphatic carbocycles. The third-order valence-corrected chi connectivity index (χ3v) is 3.44. The van der Waals surface area contributed by atoms with Crippen LogP contribution in [0.1, 0.15) is 30.2 Å². The molecule has 0 fully saturated rings. The number of nitrogens with zero attached hydrogens (tertiary/aromatic N) is 2. The van der Waals surface area contributed by atoms with E-state index in [0.29, 0.717) is 17.2 Å². The normalized spacial score (nSPS) is 12.3. The molecular weight excluding hydrogens is 329 g/mol. The summed E-state index contributed by atoms with van der Waals surface area (Å²) in [6.07, 6.45) is -2.93. The van der Waals surface area contributed by atoms with Gasteiger partial charge in [-0.05, 0) is 24.6 Å². The number of rotatable bonds is 5. The molecule has 0 saturated heterocycles. The number of hydrogen-bond acceptors (Lipinski definition) is 3. The van der Waals surface area contributed by atoms with Crippen LogP contribution in [0.15, 0.2) is 47.8 Å². The lowest BCUT2D eigenvalue weighted by molar-refractivity contribution is -0.137. The van der Waals surface area contributed by atoms with Gasteiger partial charge in [0.25, 0.3) is 0 Å². The fourth-order valence-corrected chi connectivity index (χ4v) is 2.04. The zero-order chi connectivity index (χ0) is 16.9. The maximum absolute atomic E-state index is 12.7. The molecule has 0 unspecified atom stereocenters. The van der Waals surface area contributed by atoms with Crippen LogP contribution in [0.25, 0.3) is 0 Å². The van der Waals surface area contributed by atoms with Crippen molar-refractivity contribution in [3.8, 4) is 0 Å². The molecule has 0 spiro atoms. The first-order valence-corrected chi connectivity index (χ1v) is 7.25. The van der Waals surface area contributed by atoms with Crippen LogP contribution in [0.4, 0.5) is 13.2 Å². The molecule has 0 aliphatic heterocycles. The Kier molecular flexibility index (Phi) is 5.60. The van der Waals surface area contributed by atoms with Gasteiger partial charge in [-0.1, -0.05) is 41.9 Å². The number of alkyl halides is 3. The number of pyridine rings is 1. The Hall–Kier alpha value is -2.08. The van der Waals surface area contributed by atoms with Crippen LogP contribution in [0, 0.1) is 0 Å². The first-order valence-electron chi connectivity index (χ1n) is 6.87. The molecule has 0 atom stereocenters. The van der Waals surface area contributed by atoms with Crippen LogP contribution in [-0.2, 0) is 17.6 Å². The van der Waals surface area contributed by atoms with Crippen molar-refractivity contribution in [1.82, 2.24) is 4.98 Å². The van der Waals surface area contributed by atoms with Gasteiger partial charge in [0.1, 0.15) is 12.3 Å². The Morgan fingerprint density at radius 1 is 1.26 bits per heavy atom. The number of aromatic nitrogens is 1. The summed E-state index contributed by atoms with van der Waals surface area (Å²) in [5.74, 6) is 0. The van der Waals surface area contributed by atoms with E-state index < -0.39 is 11.7 Å². The SMILES string of the molecule is CC/C(=N/OCc1ccccc1Cl)c1cc(C(F)(F)F)ccn1. The van der Waals surface area contributed by atoms with E-state index >= 15 is 0 Å². The molecule has 0 saturated carbocycles. The lowest BCUT2D eigenvalue weighted by Gasteiger charge is -2.09. The fourth-order valence-electron chi connectivity index (χ4n) is 1.85. The van der Waals surface area contributed by atoms with Crippen LogP contribution in [0.2, 0.25) is 5.02 Å². The van der Waals surface area contributed by atoms with Crippen LogP contribution < -0.4 is 0 Å². The lowest BCUT2D eigenvalue weighted by atomic mass is 10.1. The largest absolute Gasteiger partial charge is 0.416 e. The highest BCUT2D eigenvalue weighted by molar-refractivity contribution is 6.31.